The second kappa shape index (κ2) is 9.00. The Morgan fingerprint density at radius 3 is 2.38 bits per heavy atom. The van der Waals surface area contributed by atoms with Gasteiger partial charge >= 0.3 is 6.18 Å². The molecule has 174 valence electrons. The van der Waals surface area contributed by atoms with Crippen molar-refractivity contribution in [3.05, 3.63) is 45.6 Å². The van der Waals surface area contributed by atoms with Crippen LogP contribution in [0.2, 0.25) is 0 Å². The van der Waals surface area contributed by atoms with Crippen molar-refractivity contribution in [3.8, 4) is 0 Å². The molecule has 0 fully saturated rings. The van der Waals surface area contributed by atoms with E-state index in [1.165, 1.54) is 17.5 Å². The summed E-state index contributed by atoms with van der Waals surface area (Å²) in [6.07, 6.45) is -4.82. The Labute approximate surface area is 185 Å². The molecule has 1 aromatic heterocycles. The summed E-state index contributed by atoms with van der Waals surface area (Å²) in [5.74, 6) is -3.24. The van der Waals surface area contributed by atoms with Crippen LogP contribution < -0.4 is 11.1 Å². The van der Waals surface area contributed by atoms with Crippen molar-refractivity contribution in [2.24, 2.45) is 5.73 Å². The van der Waals surface area contributed by atoms with Gasteiger partial charge in [-0.1, -0.05) is 13.0 Å². The summed E-state index contributed by atoms with van der Waals surface area (Å²) in [5.41, 5.74) is 0.360. The van der Waals surface area contributed by atoms with Gasteiger partial charge in [-0.25, -0.2) is 8.42 Å². The molecule has 32 heavy (non-hydrogen) atoms. The molecule has 2 amide bonds. The Hall–Kier alpha value is -2.77. The van der Waals surface area contributed by atoms with Crippen LogP contribution in [0.25, 0.3) is 0 Å². The Balaban J connectivity index is 0.000000654. The molecule has 0 radical (unpaired) electrons. The van der Waals surface area contributed by atoms with E-state index >= 15 is 0 Å². The molecule has 0 saturated heterocycles. The molecular formula is C19H19F3N2O6S2. The molecule has 3 rings (SSSR count). The molecular weight excluding hydrogens is 473 g/mol. The highest BCUT2D eigenvalue weighted by Crippen LogP contribution is 2.37. The second-order valence-corrected chi connectivity index (χ2v) is 9.76. The predicted molar refractivity (Wildman–Crippen MR) is 110 cm³/mol. The average Bonchev–Trinajstić information content (AvgIpc) is 3.11. The van der Waals surface area contributed by atoms with Gasteiger partial charge in [0, 0.05) is 6.42 Å². The van der Waals surface area contributed by atoms with Crippen molar-refractivity contribution in [1.82, 2.24) is 0 Å². The first-order valence-corrected chi connectivity index (χ1v) is 11.5. The largest absolute Gasteiger partial charge is 0.426 e. The second-order valence-electron chi connectivity index (χ2n) is 6.89. The van der Waals surface area contributed by atoms with Crippen molar-refractivity contribution in [1.29, 1.82) is 0 Å². The van der Waals surface area contributed by atoms with Crippen LogP contribution in [-0.4, -0.2) is 42.9 Å². The summed E-state index contributed by atoms with van der Waals surface area (Å²) in [6, 6.07) is 4.93. The van der Waals surface area contributed by atoms with E-state index in [9.17, 15) is 41.1 Å². The number of hydrogen-bond donors (Lipinski definition) is 3. The number of sulfone groups is 1. The first kappa shape index (κ1) is 25.5. The lowest BCUT2D eigenvalue weighted by molar-refractivity contribution is -0.242. The lowest BCUT2D eigenvalue weighted by Gasteiger charge is -2.25. The van der Waals surface area contributed by atoms with Crippen LogP contribution in [-0.2, 0) is 25.2 Å². The van der Waals surface area contributed by atoms with Gasteiger partial charge in [-0.2, -0.15) is 13.2 Å². The summed E-state index contributed by atoms with van der Waals surface area (Å²) in [7, 11) is -3.97. The topological polar surface area (TPSA) is 144 Å². The normalized spacial score (nSPS) is 16.4. The van der Waals surface area contributed by atoms with E-state index in [-0.39, 0.29) is 28.2 Å². The van der Waals surface area contributed by atoms with E-state index in [4.69, 9.17) is 0 Å². The van der Waals surface area contributed by atoms with Gasteiger partial charge in [0.25, 0.3) is 5.91 Å². The number of anilines is 1. The maximum absolute atomic E-state index is 12.9. The summed E-state index contributed by atoms with van der Waals surface area (Å²) >= 11 is 0.992. The monoisotopic (exact) mass is 492 g/mol. The Kier molecular flexibility index (Phi) is 7.17. The molecule has 1 atom stereocenters. The van der Waals surface area contributed by atoms with Crippen molar-refractivity contribution in [2.45, 2.75) is 42.7 Å². The number of fused-ring (bicyclic) bond motifs is 2. The predicted octanol–water partition coefficient (Wildman–Crippen LogP) is 2.40. The molecule has 0 saturated carbocycles. The molecule has 2 heterocycles. The van der Waals surface area contributed by atoms with E-state index in [1.807, 2.05) is 5.32 Å². The first-order valence-electron chi connectivity index (χ1n) is 8.99. The quantitative estimate of drug-likeness (QED) is 0.600. The van der Waals surface area contributed by atoms with Crippen LogP contribution in [0.1, 0.15) is 41.1 Å². The molecule has 8 nitrogen and oxygen atoms in total. The van der Waals surface area contributed by atoms with Gasteiger partial charge in [0.05, 0.1) is 26.8 Å². The lowest BCUT2D eigenvalue weighted by Crippen LogP contribution is -2.52. The Bertz CT molecular complexity index is 1170. The number of hydrogen-bond acceptors (Lipinski definition) is 7. The molecule has 1 unspecified atom stereocenters. The molecule has 2 aromatic rings. The fourth-order valence-electron chi connectivity index (χ4n) is 2.55. The zero-order valence-corrected chi connectivity index (χ0v) is 18.5. The SMILES string of the molecule is CC(O)(C(=O)Nc1cccc2c1C(=O)c1sccc1CS2(=O)=O)C(F)(F)F.CCC(N)=O. The number of carbonyl (C=O) groups excluding carboxylic acids is 3. The fraction of sp³-hybridized carbons (Fsp3) is 0.316. The highest BCUT2D eigenvalue weighted by Gasteiger charge is 2.56. The third-order valence-corrected chi connectivity index (χ3v) is 7.13. The number of rotatable bonds is 3. The number of amides is 2. The van der Waals surface area contributed by atoms with Crippen LogP contribution in [0.5, 0.6) is 0 Å². The van der Waals surface area contributed by atoms with E-state index < -0.39 is 50.3 Å². The van der Waals surface area contributed by atoms with Gasteiger partial charge in [-0.05, 0) is 36.1 Å². The Morgan fingerprint density at radius 1 is 1.25 bits per heavy atom. The minimum Gasteiger partial charge on any atom is -0.373 e. The van der Waals surface area contributed by atoms with Crippen molar-refractivity contribution in [2.75, 3.05) is 5.32 Å². The van der Waals surface area contributed by atoms with Crippen molar-refractivity contribution < 1.29 is 41.1 Å². The molecule has 4 N–H and O–H groups in total. The van der Waals surface area contributed by atoms with Crippen molar-refractivity contribution >= 4 is 44.5 Å². The number of carbonyl (C=O) groups is 3. The minimum absolute atomic E-state index is 0.126. The number of benzene rings is 1. The van der Waals surface area contributed by atoms with Crippen molar-refractivity contribution in [3.63, 3.8) is 0 Å². The summed E-state index contributed by atoms with van der Waals surface area (Å²) in [4.78, 5) is 34.1. The highest BCUT2D eigenvalue weighted by atomic mass is 32.2. The van der Waals surface area contributed by atoms with Gasteiger partial charge < -0.3 is 16.2 Å². The first-order chi connectivity index (χ1) is 14.6. The minimum atomic E-state index is -5.26. The maximum Gasteiger partial charge on any atom is 0.426 e. The van der Waals surface area contributed by atoms with Crippen LogP contribution in [0.3, 0.4) is 0 Å². The maximum atomic E-state index is 12.9. The standard InChI is InChI=1S/C16H12F3NO5S2.C3H7NO/c1-15(23,16(17,18)19)14(22)20-9-3-2-4-10-11(9)12(21)13-8(5-6-26-13)7-27(10,24)25;1-2-3(4)5/h2-6,23H,7H2,1H3,(H,20,22);2H2,1H3,(H2,4,5). The van der Waals surface area contributed by atoms with Gasteiger partial charge in [-0.15, -0.1) is 11.3 Å². The zero-order chi connectivity index (χ0) is 24.5. The lowest BCUT2D eigenvalue weighted by atomic mass is 10.0. The Morgan fingerprint density at radius 2 is 1.84 bits per heavy atom. The molecule has 13 heteroatoms. The summed E-state index contributed by atoms with van der Waals surface area (Å²) < 4.78 is 63.8. The number of primary amides is 1. The average molecular weight is 492 g/mol. The molecule has 1 aliphatic rings. The fourth-order valence-corrected chi connectivity index (χ4v) is 5.11. The highest BCUT2D eigenvalue weighted by molar-refractivity contribution is 7.90. The van der Waals surface area contributed by atoms with E-state index in [2.05, 4.69) is 5.73 Å². The molecule has 0 aliphatic carbocycles. The van der Waals surface area contributed by atoms with Crippen LogP contribution in [0.15, 0.2) is 34.5 Å². The van der Waals surface area contributed by atoms with E-state index in [0.717, 1.165) is 23.5 Å². The number of ketones is 1. The molecule has 1 aliphatic heterocycles. The molecule has 1 aromatic carbocycles. The third kappa shape index (κ3) is 5.00. The van der Waals surface area contributed by atoms with Crippen LogP contribution in [0, 0.1) is 0 Å². The number of alkyl halides is 3. The number of nitrogens with one attached hydrogen (secondary N) is 1. The number of aliphatic hydroxyl groups is 1. The van der Waals surface area contributed by atoms with E-state index in [1.54, 1.807) is 6.92 Å². The molecule has 0 bridgehead atoms. The van der Waals surface area contributed by atoms with Gasteiger partial charge in [0.2, 0.25) is 17.3 Å². The van der Waals surface area contributed by atoms with E-state index in [0.29, 0.717) is 6.42 Å². The van der Waals surface area contributed by atoms with Crippen LogP contribution in [0.4, 0.5) is 18.9 Å². The van der Waals surface area contributed by atoms with Gasteiger partial charge in [0.15, 0.2) is 9.84 Å². The third-order valence-electron chi connectivity index (χ3n) is 4.48. The van der Waals surface area contributed by atoms with Gasteiger partial charge in [-0.3, -0.25) is 14.4 Å². The smallest absolute Gasteiger partial charge is 0.373 e. The zero-order valence-electron chi connectivity index (χ0n) is 16.8. The number of nitrogens with two attached hydrogens (primary N) is 1. The summed E-state index contributed by atoms with van der Waals surface area (Å²) in [5, 5.41) is 12.9. The molecule has 0 spiro atoms. The number of thiophene rings is 1. The number of halogens is 3. The van der Waals surface area contributed by atoms with Crippen LogP contribution >= 0.6 is 11.3 Å². The van der Waals surface area contributed by atoms with Gasteiger partial charge in [0.1, 0.15) is 0 Å². The summed E-state index contributed by atoms with van der Waals surface area (Å²) in [6.45, 7) is 1.99.